The van der Waals surface area contributed by atoms with Gasteiger partial charge in [-0.15, -0.1) is 0 Å². The standard InChI is InChI=1S/C15H23FO4S/c1-13-7-9-15(10-8-13)21(17,18)20-12-14(16)6-4-3-5-11-19-2/h7-10,14H,3-6,11-12H2,1-2H3/t14-/m0/s1. The van der Waals surface area contributed by atoms with E-state index in [9.17, 15) is 12.8 Å². The predicted octanol–water partition coefficient (Wildman–Crippen LogP) is 3.25. The van der Waals surface area contributed by atoms with Gasteiger partial charge in [0.05, 0.1) is 11.5 Å². The van der Waals surface area contributed by atoms with Crippen molar-refractivity contribution in [1.82, 2.24) is 0 Å². The van der Waals surface area contributed by atoms with Gasteiger partial charge in [0.25, 0.3) is 10.1 Å². The number of ether oxygens (including phenoxy) is 1. The van der Waals surface area contributed by atoms with E-state index in [2.05, 4.69) is 0 Å². The van der Waals surface area contributed by atoms with Crippen LogP contribution in [0.25, 0.3) is 0 Å². The summed E-state index contributed by atoms with van der Waals surface area (Å²) in [6, 6.07) is 6.28. The van der Waals surface area contributed by atoms with E-state index in [-0.39, 0.29) is 4.90 Å². The maximum absolute atomic E-state index is 13.6. The van der Waals surface area contributed by atoms with E-state index in [4.69, 9.17) is 8.92 Å². The topological polar surface area (TPSA) is 52.6 Å². The summed E-state index contributed by atoms with van der Waals surface area (Å²) in [5.74, 6) is 0. The van der Waals surface area contributed by atoms with Gasteiger partial charge in [0.2, 0.25) is 0 Å². The number of halogens is 1. The molecule has 1 aromatic carbocycles. The second kappa shape index (κ2) is 9.12. The number of alkyl halides is 1. The first-order chi connectivity index (χ1) is 9.95. The van der Waals surface area contributed by atoms with Gasteiger partial charge in [0.15, 0.2) is 0 Å². The van der Waals surface area contributed by atoms with Crippen LogP contribution in [0.5, 0.6) is 0 Å². The van der Waals surface area contributed by atoms with Gasteiger partial charge in [-0.05, 0) is 31.9 Å². The Morgan fingerprint density at radius 3 is 2.43 bits per heavy atom. The van der Waals surface area contributed by atoms with Crippen LogP contribution >= 0.6 is 0 Å². The molecule has 6 heteroatoms. The van der Waals surface area contributed by atoms with Crippen LogP contribution in [0.1, 0.15) is 31.2 Å². The number of unbranched alkanes of at least 4 members (excludes halogenated alkanes) is 2. The summed E-state index contributed by atoms with van der Waals surface area (Å²) in [7, 11) is -2.24. The van der Waals surface area contributed by atoms with Crippen LogP contribution in [-0.2, 0) is 19.0 Å². The second-order valence-electron chi connectivity index (χ2n) is 4.99. The molecule has 4 nitrogen and oxygen atoms in total. The number of hydrogen-bond donors (Lipinski definition) is 0. The molecule has 1 atom stereocenters. The number of methoxy groups -OCH3 is 1. The summed E-state index contributed by atoms with van der Waals surface area (Å²) >= 11 is 0. The highest BCUT2D eigenvalue weighted by atomic mass is 32.2. The summed E-state index contributed by atoms with van der Waals surface area (Å²) in [6.07, 6.45) is 1.46. The van der Waals surface area contributed by atoms with Gasteiger partial charge < -0.3 is 4.74 Å². The molecule has 0 saturated carbocycles. The van der Waals surface area contributed by atoms with E-state index in [0.717, 1.165) is 18.4 Å². The van der Waals surface area contributed by atoms with E-state index in [1.807, 2.05) is 6.92 Å². The van der Waals surface area contributed by atoms with Crippen molar-refractivity contribution in [3.05, 3.63) is 29.8 Å². The molecular formula is C15H23FO4S. The highest BCUT2D eigenvalue weighted by Crippen LogP contribution is 2.15. The number of hydrogen-bond acceptors (Lipinski definition) is 4. The van der Waals surface area contributed by atoms with Crippen LogP contribution in [0.4, 0.5) is 4.39 Å². The lowest BCUT2D eigenvalue weighted by Gasteiger charge is -2.09. The molecule has 0 bridgehead atoms. The third-order valence-corrected chi connectivity index (χ3v) is 4.38. The fourth-order valence-corrected chi connectivity index (χ4v) is 2.74. The fraction of sp³-hybridized carbons (Fsp3) is 0.600. The van der Waals surface area contributed by atoms with Gasteiger partial charge in [0, 0.05) is 13.7 Å². The minimum Gasteiger partial charge on any atom is -0.385 e. The van der Waals surface area contributed by atoms with Crippen molar-refractivity contribution < 1.29 is 21.7 Å². The molecule has 0 aliphatic rings. The molecule has 0 amide bonds. The highest BCUT2D eigenvalue weighted by molar-refractivity contribution is 7.86. The Balaban J connectivity index is 2.34. The predicted molar refractivity (Wildman–Crippen MR) is 79.6 cm³/mol. The van der Waals surface area contributed by atoms with E-state index in [0.29, 0.717) is 19.4 Å². The largest absolute Gasteiger partial charge is 0.385 e. The minimum atomic E-state index is -3.87. The monoisotopic (exact) mass is 318 g/mol. The lowest BCUT2D eigenvalue weighted by atomic mass is 10.1. The molecule has 0 aliphatic heterocycles. The van der Waals surface area contributed by atoms with Gasteiger partial charge in [0.1, 0.15) is 6.17 Å². The molecule has 0 radical (unpaired) electrons. The Kier molecular flexibility index (Phi) is 7.85. The summed E-state index contributed by atoms with van der Waals surface area (Å²) in [5, 5.41) is 0. The Labute approximate surface area is 126 Å². The maximum Gasteiger partial charge on any atom is 0.297 e. The van der Waals surface area contributed by atoms with Crippen molar-refractivity contribution in [2.45, 2.75) is 43.7 Å². The Bertz CT molecular complexity index is 499. The van der Waals surface area contributed by atoms with Gasteiger partial charge in [-0.2, -0.15) is 8.42 Å². The third kappa shape index (κ3) is 7.02. The zero-order valence-corrected chi connectivity index (χ0v) is 13.4. The van der Waals surface area contributed by atoms with Crippen molar-refractivity contribution in [1.29, 1.82) is 0 Å². The van der Waals surface area contributed by atoms with Crippen LogP contribution in [-0.4, -0.2) is 34.9 Å². The summed E-state index contributed by atoms with van der Waals surface area (Å²) in [5.41, 5.74) is 0.952. The number of aryl methyl sites for hydroxylation is 1. The van der Waals surface area contributed by atoms with Crippen molar-refractivity contribution in [3.63, 3.8) is 0 Å². The van der Waals surface area contributed by atoms with Crippen LogP contribution in [0.2, 0.25) is 0 Å². The lowest BCUT2D eigenvalue weighted by Crippen LogP contribution is -2.15. The zero-order valence-electron chi connectivity index (χ0n) is 12.5. The number of rotatable bonds is 10. The first-order valence-corrected chi connectivity index (χ1v) is 8.45. The molecule has 0 heterocycles. The summed E-state index contributed by atoms with van der Waals surface area (Å²) in [4.78, 5) is 0.0559. The molecule has 0 spiro atoms. The van der Waals surface area contributed by atoms with Crippen molar-refractivity contribution in [2.75, 3.05) is 20.3 Å². The Hall–Kier alpha value is -0.980. The Morgan fingerprint density at radius 2 is 1.81 bits per heavy atom. The van der Waals surface area contributed by atoms with Crippen molar-refractivity contribution in [2.24, 2.45) is 0 Å². The lowest BCUT2D eigenvalue weighted by molar-refractivity contribution is 0.178. The molecule has 120 valence electrons. The van der Waals surface area contributed by atoms with Gasteiger partial charge in [-0.3, -0.25) is 4.18 Å². The van der Waals surface area contributed by atoms with Gasteiger partial charge in [-0.1, -0.05) is 30.5 Å². The van der Waals surface area contributed by atoms with Gasteiger partial charge >= 0.3 is 0 Å². The minimum absolute atomic E-state index is 0.0559. The quantitative estimate of drug-likeness (QED) is 0.491. The van der Waals surface area contributed by atoms with Crippen LogP contribution < -0.4 is 0 Å². The van der Waals surface area contributed by atoms with Crippen molar-refractivity contribution >= 4 is 10.1 Å². The molecule has 0 aromatic heterocycles. The molecule has 21 heavy (non-hydrogen) atoms. The van der Waals surface area contributed by atoms with Crippen LogP contribution in [0.15, 0.2) is 29.2 Å². The average molecular weight is 318 g/mol. The zero-order chi connectivity index (χ0) is 15.7. The molecule has 1 aromatic rings. The smallest absolute Gasteiger partial charge is 0.297 e. The molecule has 1 rings (SSSR count). The third-order valence-electron chi connectivity index (χ3n) is 3.08. The fourth-order valence-electron chi connectivity index (χ4n) is 1.81. The average Bonchev–Trinajstić information content (AvgIpc) is 2.45. The maximum atomic E-state index is 13.6. The molecular weight excluding hydrogens is 295 g/mol. The van der Waals surface area contributed by atoms with E-state index in [1.54, 1.807) is 19.2 Å². The second-order valence-corrected chi connectivity index (χ2v) is 6.61. The highest BCUT2D eigenvalue weighted by Gasteiger charge is 2.17. The Morgan fingerprint density at radius 1 is 1.14 bits per heavy atom. The summed E-state index contributed by atoms with van der Waals surface area (Å²) in [6.45, 7) is 2.09. The SMILES string of the molecule is COCCCCC[C@H](F)COS(=O)(=O)c1ccc(C)cc1. The van der Waals surface area contributed by atoms with Crippen molar-refractivity contribution in [3.8, 4) is 0 Å². The van der Waals surface area contributed by atoms with E-state index >= 15 is 0 Å². The normalized spacial score (nSPS) is 13.3. The number of benzene rings is 1. The first-order valence-electron chi connectivity index (χ1n) is 7.05. The molecule has 0 unspecified atom stereocenters. The van der Waals surface area contributed by atoms with E-state index < -0.39 is 22.9 Å². The molecule has 0 aliphatic carbocycles. The molecule has 0 saturated heterocycles. The summed E-state index contributed by atoms with van der Waals surface area (Å²) < 4.78 is 47.0. The van der Waals surface area contributed by atoms with Gasteiger partial charge in [-0.25, -0.2) is 4.39 Å². The van der Waals surface area contributed by atoms with Crippen LogP contribution in [0.3, 0.4) is 0 Å². The first kappa shape index (κ1) is 18.1. The molecule has 0 N–H and O–H groups in total. The molecule has 0 fully saturated rings. The van der Waals surface area contributed by atoms with Crippen LogP contribution in [0, 0.1) is 6.92 Å². The van der Waals surface area contributed by atoms with E-state index in [1.165, 1.54) is 12.1 Å².